The summed E-state index contributed by atoms with van der Waals surface area (Å²) in [6.45, 7) is 1.53. The lowest BCUT2D eigenvalue weighted by atomic mass is 9.86. The second-order valence-corrected chi connectivity index (χ2v) is 6.25. The zero-order chi connectivity index (χ0) is 18.9. The number of rotatable bonds is 5. The van der Waals surface area contributed by atoms with Crippen molar-refractivity contribution in [1.29, 1.82) is 0 Å². The molecule has 26 heavy (non-hydrogen) atoms. The van der Waals surface area contributed by atoms with E-state index in [9.17, 15) is 9.59 Å². The third-order valence-electron chi connectivity index (χ3n) is 4.30. The maximum absolute atomic E-state index is 13.1. The predicted molar refractivity (Wildman–Crippen MR) is 96.4 cm³/mol. The minimum absolute atomic E-state index is 0.435. The van der Waals surface area contributed by atoms with Crippen LogP contribution >= 0.6 is 11.6 Å². The molecular formula is C19H18ClNO5. The molecule has 0 aliphatic carbocycles. The van der Waals surface area contributed by atoms with Crippen LogP contribution in [-0.4, -0.2) is 32.2 Å². The highest BCUT2D eigenvalue weighted by Crippen LogP contribution is 2.48. The van der Waals surface area contributed by atoms with E-state index < -0.39 is 23.6 Å². The Labute approximate surface area is 156 Å². The lowest BCUT2D eigenvalue weighted by Gasteiger charge is -2.31. The third kappa shape index (κ3) is 2.81. The van der Waals surface area contributed by atoms with Gasteiger partial charge in [0.25, 0.3) is 5.91 Å². The summed E-state index contributed by atoms with van der Waals surface area (Å²) >= 11 is 6.17. The number of nitrogens with one attached hydrogen (secondary N) is 1. The first kappa shape index (κ1) is 18.2. The summed E-state index contributed by atoms with van der Waals surface area (Å²) in [4.78, 5) is 25.1. The van der Waals surface area contributed by atoms with Crippen molar-refractivity contribution in [3.63, 3.8) is 0 Å². The molecule has 2 aromatic carbocycles. The number of methoxy groups -OCH3 is 2. The Morgan fingerprint density at radius 1 is 1.15 bits per heavy atom. The first-order chi connectivity index (χ1) is 12.4. The Morgan fingerprint density at radius 2 is 1.88 bits per heavy atom. The summed E-state index contributed by atoms with van der Waals surface area (Å²) in [7, 11) is 2.76. The first-order valence-electron chi connectivity index (χ1n) is 7.94. The molecule has 0 saturated carbocycles. The Morgan fingerprint density at radius 3 is 2.58 bits per heavy atom. The van der Waals surface area contributed by atoms with Crippen molar-refractivity contribution in [2.24, 2.45) is 0 Å². The highest BCUT2D eigenvalue weighted by molar-refractivity contribution is 6.31. The molecular weight excluding hydrogens is 358 g/mol. The quantitative estimate of drug-likeness (QED) is 0.813. The van der Waals surface area contributed by atoms with E-state index >= 15 is 0 Å². The number of hydrogen-bond acceptors (Lipinski definition) is 5. The predicted octanol–water partition coefficient (Wildman–Crippen LogP) is 3.12. The Balaban J connectivity index is 2.26. The van der Waals surface area contributed by atoms with Gasteiger partial charge in [0.1, 0.15) is 5.75 Å². The van der Waals surface area contributed by atoms with Crippen molar-refractivity contribution >= 4 is 29.2 Å². The van der Waals surface area contributed by atoms with Crippen LogP contribution < -0.4 is 10.1 Å². The molecule has 7 heteroatoms. The smallest absolute Gasteiger partial charge is 0.334 e. The fourth-order valence-electron chi connectivity index (χ4n) is 3.11. The number of carbonyl (C=O) groups excluding carboxylic acids is 2. The number of anilines is 1. The van der Waals surface area contributed by atoms with Gasteiger partial charge in [-0.25, -0.2) is 4.79 Å². The second-order valence-electron chi connectivity index (χ2n) is 5.81. The number of carbonyl (C=O) groups is 2. The molecule has 0 saturated heterocycles. The van der Waals surface area contributed by atoms with Crippen molar-refractivity contribution in [3.8, 4) is 5.75 Å². The van der Waals surface area contributed by atoms with Gasteiger partial charge in [-0.1, -0.05) is 29.8 Å². The highest BCUT2D eigenvalue weighted by atomic mass is 35.5. The van der Waals surface area contributed by atoms with Crippen LogP contribution in [-0.2, 0) is 24.7 Å². The normalized spacial score (nSPS) is 19.5. The molecule has 6 nitrogen and oxygen atoms in total. The van der Waals surface area contributed by atoms with Crippen LogP contribution in [0.25, 0.3) is 0 Å². The number of para-hydroxylation sites is 1. The Bertz CT molecular complexity index is 869. The molecule has 136 valence electrons. The number of hydrogen-bond donors (Lipinski definition) is 1. The molecule has 0 radical (unpaired) electrons. The average molecular weight is 376 g/mol. The van der Waals surface area contributed by atoms with Gasteiger partial charge >= 0.3 is 5.97 Å². The minimum atomic E-state index is -1.60. The van der Waals surface area contributed by atoms with E-state index in [0.717, 1.165) is 0 Å². The molecule has 1 aliphatic heterocycles. The Kier molecular flexibility index (Phi) is 4.89. The summed E-state index contributed by atoms with van der Waals surface area (Å²) in [5.41, 5.74) is -0.0603. The Hall–Kier alpha value is -2.57. The number of halogens is 1. The molecule has 0 aromatic heterocycles. The second kappa shape index (κ2) is 6.97. The molecule has 0 fully saturated rings. The van der Waals surface area contributed by atoms with E-state index in [1.54, 1.807) is 42.5 Å². The van der Waals surface area contributed by atoms with Gasteiger partial charge in [0.05, 0.1) is 14.2 Å². The number of benzene rings is 2. The molecule has 0 bridgehead atoms. The first-order valence-corrected chi connectivity index (χ1v) is 8.32. The van der Waals surface area contributed by atoms with Gasteiger partial charge in [0.2, 0.25) is 5.60 Å². The van der Waals surface area contributed by atoms with Crippen LogP contribution in [0.2, 0.25) is 5.02 Å². The van der Waals surface area contributed by atoms with Crippen LogP contribution in [0, 0.1) is 0 Å². The van der Waals surface area contributed by atoms with Crippen molar-refractivity contribution in [1.82, 2.24) is 0 Å². The summed E-state index contributed by atoms with van der Waals surface area (Å²) in [6, 6.07) is 12.0. The van der Waals surface area contributed by atoms with Gasteiger partial charge < -0.3 is 19.5 Å². The van der Waals surface area contributed by atoms with Gasteiger partial charge in [-0.15, -0.1) is 0 Å². The fourth-order valence-corrected chi connectivity index (χ4v) is 3.28. The number of ether oxygens (including phenoxy) is 3. The lowest BCUT2D eigenvalue weighted by Crippen LogP contribution is -2.43. The van der Waals surface area contributed by atoms with Crippen LogP contribution in [0.4, 0.5) is 5.69 Å². The number of esters is 1. The third-order valence-corrected chi connectivity index (χ3v) is 4.54. The molecule has 2 aromatic rings. The molecule has 1 aliphatic rings. The summed E-state index contributed by atoms with van der Waals surface area (Å²) < 4.78 is 16.2. The zero-order valence-electron chi connectivity index (χ0n) is 14.5. The molecule has 1 heterocycles. The van der Waals surface area contributed by atoms with Gasteiger partial charge in [-0.2, -0.15) is 0 Å². The summed E-state index contributed by atoms with van der Waals surface area (Å²) in [6.07, 6.45) is -0.999. The zero-order valence-corrected chi connectivity index (χ0v) is 15.3. The molecule has 0 spiro atoms. The summed E-state index contributed by atoms with van der Waals surface area (Å²) in [5, 5.41) is 3.24. The van der Waals surface area contributed by atoms with Crippen molar-refractivity contribution in [2.45, 2.75) is 18.6 Å². The van der Waals surface area contributed by atoms with Gasteiger partial charge in [-0.3, -0.25) is 4.79 Å². The van der Waals surface area contributed by atoms with E-state index in [0.29, 0.717) is 27.6 Å². The molecule has 3 rings (SSSR count). The average Bonchev–Trinajstić information content (AvgIpc) is 2.92. The van der Waals surface area contributed by atoms with E-state index in [1.807, 2.05) is 0 Å². The SMILES string of the molecule is COC(=O)[C@H](C)OC1(c2ccccc2OC)C(=O)Nc2ccc(Cl)cc21. The van der Waals surface area contributed by atoms with Crippen LogP contribution in [0.3, 0.4) is 0 Å². The molecule has 2 atom stereocenters. The lowest BCUT2D eigenvalue weighted by molar-refractivity contribution is -0.166. The van der Waals surface area contributed by atoms with Gasteiger partial charge in [-0.05, 0) is 31.2 Å². The van der Waals surface area contributed by atoms with E-state index in [4.69, 9.17) is 25.8 Å². The van der Waals surface area contributed by atoms with Crippen LogP contribution in [0.1, 0.15) is 18.1 Å². The van der Waals surface area contributed by atoms with E-state index in [2.05, 4.69) is 5.32 Å². The molecule has 1 amide bonds. The van der Waals surface area contributed by atoms with Crippen LogP contribution in [0.15, 0.2) is 42.5 Å². The molecule has 1 unspecified atom stereocenters. The minimum Gasteiger partial charge on any atom is -0.496 e. The monoisotopic (exact) mass is 375 g/mol. The van der Waals surface area contributed by atoms with Gasteiger partial charge in [0, 0.05) is 21.8 Å². The largest absolute Gasteiger partial charge is 0.496 e. The number of amides is 1. The van der Waals surface area contributed by atoms with Gasteiger partial charge in [0.15, 0.2) is 6.10 Å². The van der Waals surface area contributed by atoms with Crippen molar-refractivity contribution < 1.29 is 23.8 Å². The maximum Gasteiger partial charge on any atom is 0.334 e. The van der Waals surface area contributed by atoms with E-state index in [-0.39, 0.29) is 0 Å². The highest BCUT2D eigenvalue weighted by Gasteiger charge is 2.53. The topological polar surface area (TPSA) is 73.9 Å². The summed E-state index contributed by atoms with van der Waals surface area (Å²) in [5.74, 6) is -0.579. The molecule has 1 N–H and O–H groups in total. The standard InChI is InChI=1S/C19H18ClNO5/c1-11(17(22)25-3)26-19(13-6-4-5-7-16(13)24-2)14-10-12(20)8-9-15(14)21-18(19)23/h4-11H,1-3H3,(H,21,23)/t11-,19?/m0/s1. The maximum atomic E-state index is 13.1. The van der Waals surface area contributed by atoms with Crippen molar-refractivity contribution in [2.75, 3.05) is 19.5 Å². The van der Waals surface area contributed by atoms with E-state index in [1.165, 1.54) is 21.1 Å². The van der Waals surface area contributed by atoms with Crippen LogP contribution in [0.5, 0.6) is 5.75 Å². The van der Waals surface area contributed by atoms with Crippen molar-refractivity contribution in [3.05, 3.63) is 58.6 Å². The number of fused-ring (bicyclic) bond motifs is 1. The fraction of sp³-hybridized carbons (Fsp3) is 0.263.